The van der Waals surface area contributed by atoms with Gasteiger partial charge in [-0.25, -0.2) is 4.79 Å². The number of halogens is 1. The molecule has 2 aromatic carbocycles. The predicted octanol–water partition coefficient (Wildman–Crippen LogP) is 3.79. The van der Waals surface area contributed by atoms with Gasteiger partial charge in [-0.2, -0.15) is 5.26 Å². The Balaban J connectivity index is 2.05. The lowest BCUT2D eigenvalue weighted by Gasteiger charge is -2.11. The van der Waals surface area contributed by atoms with E-state index in [0.29, 0.717) is 22.9 Å². The third kappa shape index (κ3) is 5.04. The Labute approximate surface area is 144 Å². The van der Waals surface area contributed by atoms with Gasteiger partial charge < -0.3 is 14.6 Å². The number of ether oxygens (including phenoxy) is 2. The van der Waals surface area contributed by atoms with Gasteiger partial charge >= 0.3 is 5.97 Å². The Morgan fingerprint density at radius 1 is 1.17 bits per heavy atom. The molecule has 0 heterocycles. The maximum atomic E-state index is 11.0. The van der Waals surface area contributed by atoms with Crippen LogP contribution < -0.4 is 9.47 Å². The SMILES string of the molecule is N#CC(=Cc1cc(Cl)ccc1OCCOc1ccccc1)C(=O)O. The van der Waals surface area contributed by atoms with Crippen molar-refractivity contribution in [2.45, 2.75) is 0 Å². The van der Waals surface area contributed by atoms with Crippen LogP contribution in [0.1, 0.15) is 5.56 Å². The van der Waals surface area contributed by atoms with Crippen LogP contribution in [0.3, 0.4) is 0 Å². The predicted molar refractivity (Wildman–Crippen MR) is 90.1 cm³/mol. The lowest BCUT2D eigenvalue weighted by Crippen LogP contribution is -2.09. The van der Waals surface area contributed by atoms with E-state index in [1.807, 2.05) is 30.3 Å². The number of nitriles is 1. The highest BCUT2D eigenvalue weighted by Gasteiger charge is 2.09. The lowest BCUT2D eigenvalue weighted by molar-refractivity contribution is -0.132. The van der Waals surface area contributed by atoms with E-state index in [4.69, 9.17) is 31.4 Å². The zero-order valence-electron chi connectivity index (χ0n) is 12.6. The number of benzene rings is 2. The molecule has 0 spiro atoms. The molecule has 0 aromatic heterocycles. The normalized spacial score (nSPS) is 10.8. The van der Waals surface area contributed by atoms with Gasteiger partial charge in [-0.1, -0.05) is 29.8 Å². The maximum Gasteiger partial charge on any atom is 0.346 e. The van der Waals surface area contributed by atoms with Crippen molar-refractivity contribution < 1.29 is 19.4 Å². The summed E-state index contributed by atoms with van der Waals surface area (Å²) < 4.78 is 11.1. The second kappa shape index (κ2) is 8.61. The molecular weight excluding hydrogens is 330 g/mol. The molecule has 5 nitrogen and oxygen atoms in total. The lowest BCUT2D eigenvalue weighted by atomic mass is 10.1. The molecule has 122 valence electrons. The van der Waals surface area contributed by atoms with Crippen LogP contribution in [0.25, 0.3) is 6.08 Å². The Morgan fingerprint density at radius 3 is 2.54 bits per heavy atom. The summed E-state index contributed by atoms with van der Waals surface area (Å²) >= 11 is 5.92. The van der Waals surface area contributed by atoms with E-state index in [-0.39, 0.29) is 6.61 Å². The number of carboxylic acids is 1. The second-order valence-electron chi connectivity index (χ2n) is 4.67. The summed E-state index contributed by atoms with van der Waals surface area (Å²) in [4.78, 5) is 11.0. The molecule has 2 aromatic rings. The van der Waals surface area contributed by atoms with Crippen molar-refractivity contribution in [3.8, 4) is 17.6 Å². The average Bonchev–Trinajstić information content (AvgIpc) is 2.58. The van der Waals surface area contributed by atoms with Crippen molar-refractivity contribution in [2.75, 3.05) is 13.2 Å². The largest absolute Gasteiger partial charge is 0.490 e. The van der Waals surface area contributed by atoms with Gasteiger partial charge in [-0.15, -0.1) is 0 Å². The van der Waals surface area contributed by atoms with Crippen molar-refractivity contribution >= 4 is 23.6 Å². The Kier molecular flexibility index (Phi) is 6.23. The fourth-order valence-corrected chi connectivity index (χ4v) is 2.07. The molecule has 6 heteroatoms. The van der Waals surface area contributed by atoms with E-state index in [9.17, 15) is 4.79 Å². The van der Waals surface area contributed by atoms with Gasteiger partial charge in [0.05, 0.1) is 0 Å². The first kappa shape index (κ1) is 17.4. The van der Waals surface area contributed by atoms with Crippen molar-refractivity contribution in [2.24, 2.45) is 0 Å². The highest BCUT2D eigenvalue weighted by atomic mass is 35.5. The van der Waals surface area contributed by atoms with Crippen LogP contribution >= 0.6 is 11.6 Å². The van der Waals surface area contributed by atoms with Gasteiger partial charge in [0.1, 0.15) is 36.4 Å². The molecule has 0 aliphatic carbocycles. The monoisotopic (exact) mass is 343 g/mol. The minimum atomic E-state index is -1.31. The van der Waals surface area contributed by atoms with Crippen LogP contribution in [0.4, 0.5) is 0 Å². The molecular formula is C18H14ClNO4. The van der Waals surface area contributed by atoms with Gasteiger partial charge in [0, 0.05) is 10.6 Å². The quantitative estimate of drug-likeness (QED) is 0.470. The molecule has 0 saturated heterocycles. The minimum absolute atomic E-state index is 0.256. The Bertz CT molecular complexity index is 781. The summed E-state index contributed by atoms with van der Waals surface area (Å²) in [7, 11) is 0. The molecule has 0 fully saturated rings. The summed E-state index contributed by atoms with van der Waals surface area (Å²) in [5.41, 5.74) is 0.0174. The molecule has 24 heavy (non-hydrogen) atoms. The minimum Gasteiger partial charge on any atom is -0.490 e. The first-order chi connectivity index (χ1) is 11.6. The van der Waals surface area contributed by atoms with Crippen LogP contribution in [0.5, 0.6) is 11.5 Å². The number of hydrogen-bond acceptors (Lipinski definition) is 4. The van der Waals surface area contributed by atoms with Gasteiger partial charge in [0.2, 0.25) is 0 Å². The number of aliphatic carboxylic acids is 1. The molecule has 0 unspecified atom stereocenters. The number of carbonyl (C=O) groups is 1. The van der Waals surface area contributed by atoms with Crippen molar-refractivity contribution in [3.05, 3.63) is 64.7 Å². The van der Waals surface area contributed by atoms with Gasteiger partial charge in [0.25, 0.3) is 0 Å². The smallest absolute Gasteiger partial charge is 0.346 e. The molecule has 0 aliphatic rings. The van der Waals surface area contributed by atoms with E-state index in [2.05, 4.69) is 0 Å². The standard InChI is InChI=1S/C18H14ClNO4/c19-15-6-7-17(13(11-15)10-14(12-20)18(21)22)24-9-8-23-16-4-2-1-3-5-16/h1-7,10-11H,8-9H2,(H,21,22). The molecule has 0 radical (unpaired) electrons. The summed E-state index contributed by atoms with van der Waals surface area (Å²) in [6.07, 6.45) is 1.22. The van der Waals surface area contributed by atoms with Crippen LogP contribution in [-0.2, 0) is 4.79 Å². The Morgan fingerprint density at radius 2 is 1.88 bits per heavy atom. The zero-order chi connectivity index (χ0) is 17.4. The van der Waals surface area contributed by atoms with Crippen molar-refractivity contribution in [1.82, 2.24) is 0 Å². The van der Waals surface area contributed by atoms with Gasteiger partial charge in [-0.05, 0) is 36.4 Å². The number of nitrogens with zero attached hydrogens (tertiary/aromatic N) is 1. The molecule has 0 saturated carbocycles. The van der Waals surface area contributed by atoms with Crippen molar-refractivity contribution in [3.63, 3.8) is 0 Å². The van der Waals surface area contributed by atoms with E-state index >= 15 is 0 Å². The van der Waals surface area contributed by atoms with E-state index in [1.165, 1.54) is 12.1 Å². The summed E-state index contributed by atoms with van der Waals surface area (Å²) in [5.74, 6) is -0.157. The number of rotatable bonds is 7. The average molecular weight is 344 g/mol. The Hall–Kier alpha value is -2.97. The fraction of sp³-hybridized carbons (Fsp3) is 0.111. The summed E-state index contributed by atoms with van der Waals surface area (Å²) in [6.45, 7) is 0.576. The number of para-hydroxylation sites is 1. The fourth-order valence-electron chi connectivity index (χ4n) is 1.89. The molecule has 0 amide bonds. The first-order valence-corrected chi connectivity index (χ1v) is 7.43. The molecule has 0 aliphatic heterocycles. The molecule has 0 atom stereocenters. The van der Waals surface area contributed by atoms with Crippen LogP contribution in [0.15, 0.2) is 54.1 Å². The summed E-state index contributed by atoms with van der Waals surface area (Å²) in [5, 5.41) is 18.2. The van der Waals surface area contributed by atoms with Crippen molar-refractivity contribution in [1.29, 1.82) is 5.26 Å². The molecule has 2 rings (SSSR count). The van der Waals surface area contributed by atoms with Crippen LogP contribution in [-0.4, -0.2) is 24.3 Å². The van der Waals surface area contributed by atoms with Gasteiger partial charge in [-0.3, -0.25) is 0 Å². The maximum absolute atomic E-state index is 11.0. The molecule has 1 N–H and O–H groups in total. The molecule has 0 bridgehead atoms. The number of carboxylic acid groups (broad SMARTS) is 1. The number of hydrogen-bond donors (Lipinski definition) is 1. The van der Waals surface area contributed by atoms with Crippen LogP contribution in [0.2, 0.25) is 5.02 Å². The van der Waals surface area contributed by atoms with E-state index in [1.54, 1.807) is 18.2 Å². The summed E-state index contributed by atoms with van der Waals surface area (Å²) in [6, 6.07) is 15.7. The zero-order valence-corrected chi connectivity index (χ0v) is 13.4. The van der Waals surface area contributed by atoms with Crippen LogP contribution in [0, 0.1) is 11.3 Å². The highest BCUT2D eigenvalue weighted by Crippen LogP contribution is 2.25. The van der Waals surface area contributed by atoms with E-state index < -0.39 is 11.5 Å². The second-order valence-corrected chi connectivity index (χ2v) is 5.10. The third-order valence-electron chi connectivity index (χ3n) is 2.98. The third-order valence-corrected chi connectivity index (χ3v) is 3.21. The van der Waals surface area contributed by atoms with E-state index in [0.717, 1.165) is 5.75 Å². The highest BCUT2D eigenvalue weighted by molar-refractivity contribution is 6.30. The van der Waals surface area contributed by atoms with Gasteiger partial charge in [0.15, 0.2) is 0 Å². The topological polar surface area (TPSA) is 79.5 Å². The first-order valence-electron chi connectivity index (χ1n) is 7.05.